The average Bonchev–Trinajstić information content (AvgIpc) is 3.31. The first-order chi connectivity index (χ1) is 15.5. The van der Waals surface area contributed by atoms with E-state index < -0.39 is 0 Å². The molecule has 0 spiro atoms. The molecule has 2 aromatic carbocycles. The third kappa shape index (κ3) is 4.22. The van der Waals surface area contributed by atoms with Gasteiger partial charge in [-0.2, -0.15) is 0 Å². The number of H-pyrrole nitrogens is 1. The van der Waals surface area contributed by atoms with Crippen molar-refractivity contribution in [3.63, 3.8) is 0 Å². The lowest BCUT2D eigenvalue weighted by Crippen LogP contribution is -2.11. The minimum atomic E-state index is 0.0393. The van der Waals surface area contributed by atoms with Gasteiger partial charge in [0.05, 0.1) is 25.4 Å². The molecule has 4 aromatic rings. The van der Waals surface area contributed by atoms with Crippen LogP contribution in [-0.4, -0.2) is 34.5 Å². The zero-order valence-electron chi connectivity index (χ0n) is 17.9. The quantitative estimate of drug-likeness (QED) is 0.290. The summed E-state index contributed by atoms with van der Waals surface area (Å²) >= 11 is 5.45. The van der Waals surface area contributed by atoms with Crippen LogP contribution < -0.4 is 15.2 Å². The number of nitrogens with two attached hydrogens (primary N) is 1. The maximum atomic E-state index is 12.7. The van der Waals surface area contributed by atoms with Crippen LogP contribution in [0.3, 0.4) is 0 Å². The first-order valence-corrected chi connectivity index (χ1v) is 10.6. The number of nitrogen functional groups attached to an aromatic ring is 1. The van der Waals surface area contributed by atoms with Crippen LogP contribution in [-0.2, 0) is 6.54 Å². The molecule has 0 fully saturated rings. The predicted octanol–water partition coefficient (Wildman–Crippen LogP) is 5.02. The maximum absolute atomic E-state index is 12.7. The second kappa shape index (κ2) is 9.23. The number of hydrogen-bond donors (Lipinski definition) is 2. The van der Waals surface area contributed by atoms with Crippen LogP contribution in [0.1, 0.15) is 23.3 Å². The number of anilines is 1. The fourth-order valence-corrected chi connectivity index (χ4v) is 3.96. The normalized spacial score (nSPS) is 10.9. The van der Waals surface area contributed by atoms with E-state index >= 15 is 0 Å². The number of aromatic nitrogens is 3. The van der Waals surface area contributed by atoms with E-state index in [9.17, 15) is 4.79 Å². The summed E-state index contributed by atoms with van der Waals surface area (Å²) in [6, 6.07) is 17.2. The van der Waals surface area contributed by atoms with Crippen LogP contribution in [0.4, 0.5) is 5.82 Å². The fourth-order valence-electron chi connectivity index (χ4n) is 3.67. The lowest BCUT2D eigenvalue weighted by molar-refractivity contribution is 0.0974. The van der Waals surface area contributed by atoms with Crippen molar-refractivity contribution in [1.29, 1.82) is 0 Å². The first kappa shape index (κ1) is 21.6. The number of hydrogen-bond acceptors (Lipinski definition) is 6. The number of methoxy groups -OCH3 is 2. The summed E-state index contributed by atoms with van der Waals surface area (Å²) in [4.78, 5) is 20.4. The largest absolute Gasteiger partial charge is 0.493 e. The van der Waals surface area contributed by atoms with Gasteiger partial charge in [-0.1, -0.05) is 30.3 Å². The molecular weight excluding hydrogens is 424 g/mol. The van der Waals surface area contributed by atoms with Gasteiger partial charge in [0.2, 0.25) is 4.77 Å². The average molecular weight is 449 g/mol. The van der Waals surface area contributed by atoms with Crippen LogP contribution in [0.25, 0.3) is 22.2 Å². The monoisotopic (exact) mass is 448 g/mol. The molecule has 0 aliphatic rings. The number of aromatic amines is 1. The molecule has 0 unspecified atom stereocenters. The maximum Gasteiger partial charge on any atom is 0.201 e. The molecule has 164 valence electrons. The lowest BCUT2D eigenvalue weighted by atomic mass is 10.1. The van der Waals surface area contributed by atoms with E-state index in [0.29, 0.717) is 52.7 Å². The van der Waals surface area contributed by atoms with Crippen LogP contribution in [0.5, 0.6) is 11.5 Å². The number of benzene rings is 2. The minimum absolute atomic E-state index is 0.0393. The van der Waals surface area contributed by atoms with Crippen molar-refractivity contribution in [3.05, 3.63) is 65.1 Å². The summed E-state index contributed by atoms with van der Waals surface area (Å²) < 4.78 is 12.8. The van der Waals surface area contributed by atoms with E-state index in [4.69, 9.17) is 27.4 Å². The number of ketones is 1. The van der Waals surface area contributed by atoms with E-state index in [1.807, 2.05) is 42.5 Å². The summed E-state index contributed by atoms with van der Waals surface area (Å²) in [6.45, 7) is 0.486. The first-order valence-electron chi connectivity index (χ1n) is 10.2. The van der Waals surface area contributed by atoms with Gasteiger partial charge in [0.1, 0.15) is 5.82 Å². The van der Waals surface area contributed by atoms with Gasteiger partial charge in [-0.05, 0) is 42.4 Å². The highest BCUT2D eigenvalue weighted by Gasteiger charge is 2.14. The Kier molecular flexibility index (Phi) is 6.23. The molecule has 2 aromatic heterocycles. The molecule has 3 N–H and O–H groups in total. The van der Waals surface area contributed by atoms with Crippen LogP contribution >= 0.6 is 12.2 Å². The Morgan fingerprint density at radius 2 is 1.81 bits per heavy atom. The number of carbonyl (C=O) groups excluding carboxylic acids is 1. The third-order valence-electron chi connectivity index (χ3n) is 5.37. The SMILES string of the molecule is COc1cc2nc(=S)n(CCCC(=O)c3ccc(-c4ccccc4)[nH]3)c(N)c2cc1OC. The molecule has 0 aliphatic heterocycles. The lowest BCUT2D eigenvalue weighted by Gasteiger charge is -2.15. The Morgan fingerprint density at radius 1 is 1.09 bits per heavy atom. The van der Waals surface area contributed by atoms with E-state index in [1.165, 1.54) is 0 Å². The van der Waals surface area contributed by atoms with Crippen molar-refractivity contribution >= 4 is 34.7 Å². The summed E-state index contributed by atoms with van der Waals surface area (Å²) in [5.74, 6) is 1.65. The molecule has 8 heteroatoms. The van der Waals surface area contributed by atoms with Crippen LogP contribution in [0.2, 0.25) is 0 Å². The minimum Gasteiger partial charge on any atom is -0.493 e. The van der Waals surface area contributed by atoms with Crippen molar-refractivity contribution in [2.45, 2.75) is 19.4 Å². The van der Waals surface area contributed by atoms with Gasteiger partial charge < -0.3 is 24.8 Å². The molecule has 32 heavy (non-hydrogen) atoms. The molecule has 2 heterocycles. The Hall–Kier alpha value is -3.65. The summed E-state index contributed by atoms with van der Waals surface area (Å²) in [7, 11) is 3.13. The van der Waals surface area contributed by atoms with Gasteiger partial charge >= 0.3 is 0 Å². The van der Waals surface area contributed by atoms with Gasteiger partial charge in [-0.15, -0.1) is 0 Å². The van der Waals surface area contributed by atoms with Crippen molar-refractivity contribution < 1.29 is 14.3 Å². The number of nitrogens with zero attached hydrogens (tertiary/aromatic N) is 2. The highest BCUT2D eigenvalue weighted by molar-refractivity contribution is 7.71. The van der Waals surface area contributed by atoms with E-state index in [0.717, 1.165) is 16.6 Å². The van der Waals surface area contributed by atoms with Crippen LogP contribution in [0, 0.1) is 4.77 Å². The van der Waals surface area contributed by atoms with Gasteiger partial charge in [-0.25, -0.2) is 4.98 Å². The predicted molar refractivity (Wildman–Crippen MR) is 128 cm³/mol. The standard InChI is InChI=1S/C24H24N4O3S/c1-30-21-13-16-19(14-22(21)31-2)27-24(32)28(23(16)25)12-6-9-20(29)18-11-10-17(26-18)15-7-4-3-5-8-15/h3-5,7-8,10-11,13-14,26H,6,9,12,25H2,1-2H3. The Bertz CT molecular complexity index is 1330. The molecule has 0 radical (unpaired) electrons. The number of nitrogens with one attached hydrogen (secondary N) is 1. The van der Waals surface area contributed by atoms with Crippen molar-refractivity contribution in [2.24, 2.45) is 0 Å². The van der Waals surface area contributed by atoms with Gasteiger partial charge in [-0.3, -0.25) is 4.79 Å². The van der Waals surface area contributed by atoms with Crippen LogP contribution in [0.15, 0.2) is 54.6 Å². The summed E-state index contributed by atoms with van der Waals surface area (Å²) in [5, 5.41) is 0.722. The summed E-state index contributed by atoms with van der Waals surface area (Å²) in [5.41, 5.74) is 9.59. The van der Waals surface area contributed by atoms with E-state index in [2.05, 4.69) is 9.97 Å². The molecule has 4 rings (SSSR count). The highest BCUT2D eigenvalue weighted by Crippen LogP contribution is 2.33. The van der Waals surface area contributed by atoms with Crippen molar-refractivity contribution in [1.82, 2.24) is 14.5 Å². The third-order valence-corrected chi connectivity index (χ3v) is 5.68. The number of rotatable bonds is 8. The molecule has 0 bridgehead atoms. The summed E-state index contributed by atoms with van der Waals surface area (Å²) in [6.07, 6.45) is 0.942. The molecule has 0 amide bonds. The van der Waals surface area contributed by atoms with Gasteiger partial charge in [0.25, 0.3) is 0 Å². The number of ether oxygens (including phenoxy) is 2. The molecule has 0 aliphatic carbocycles. The zero-order chi connectivity index (χ0) is 22.7. The van der Waals surface area contributed by atoms with E-state index in [-0.39, 0.29) is 5.78 Å². The molecule has 0 saturated carbocycles. The van der Waals surface area contributed by atoms with Crippen molar-refractivity contribution in [3.8, 4) is 22.8 Å². The molecule has 0 atom stereocenters. The molecule has 7 nitrogen and oxygen atoms in total. The second-order valence-electron chi connectivity index (χ2n) is 7.33. The Labute approximate surface area is 190 Å². The highest BCUT2D eigenvalue weighted by atomic mass is 32.1. The van der Waals surface area contributed by atoms with Gasteiger partial charge in [0.15, 0.2) is 17.3 Å². The smallest absolute Gasteiger partial charge is 0.201 e. The number of fused-ring (bicyclic) bond motifs is 1. The number of Topliss-reactive ketones (excluding diaryl/α,β-unsaturated/α-hetero) is 1. The second-order valence-corrected chi connectivity index (χ2v) is 7.70. The zero-order valence-corrected chi connectivity index (χ0v) is 18.7. The molecular formula is C24H24N4O3S. The Morgan fingerprint density at radius 3 is 2.53 bits per heavy atom. The number of carbonyl (C=O) groups is 1. The van der Waals surface area contributed by atoms with E-state index in [1.54, 1.807) is 30.9 Å². The van der Waals surface area contributed by atoms with Crippen molar-refractivity contribution in [2.75, 3.05) is 20.0 Å². The Balaban J connectivity index is 1.49. The van der Waals surface area contributed by atoms with Gasteiger partial charge in [0, 0.05) is 30.1 Å². The fraction of sp³-hybridized carbons (Fsp3) is 0.208. The molecule has 0 saturated heterocycles. The topological polar surface area (TPSA) is 95.2 Å².